The van der Waals surface area contributed by atoms with E-state index in [2.05, 4.69) is 63.6 Å². The van der Waals surface area contributed by atoms with Gasteiger partial charge in [0.2, 0.25) is 0 Å². The molecule has 1 saturated heterocycles. The van der Waals surface area contributed by atoms with Crippen molar-refractivity contribution in [3.8, 4) is 11.4 Å². The Morgan fingerprint density at radius 1 is 1.11 bits per heavy atom. The molecule has 1 aromatic carbocycles. The summed E-state index contributed by atoms with van der Waals surface area (Å²) in [5.41, 5.74) is 5.09. The normalized spacial score (nSPS) is 17.9. The second kappa shape index (κ2) is 8.05. The predicted octanol–water partition coefficient (Wildman–Crippen LogP) is 4.47. The van der Waals surface area contributed by atoms with Crippen molar-refractivity contribution in [2.24, 2.45) is 5.92 Å². The quantitative estimate of drug-likeness (QED) is 0.673. The summed E-state index contributed by atoms with van der Waals surface area (Å²) in [5, 5.41) is 0. The fourth-order valence-electron chi connectivity index (χ4n) is 4.19. The van der Waals surface area contributed by atoms with Crippen LogP contribution in [0.4, 0.5) is 0 Å². The van der Waals surface area contributed by atoms with Crippen LogP contribution >= 0.6 is 0 Å². The minimum Gasteiger partial charge on any atom is -0.328 e. The van der Waals surface area contributed by atoms with Crippen LogP contribution in [0.5, 0.6) is 0 Å². The van der Waals surface area contributed by atoms with Gasteiger partial charge in [0.05, 0.1) is 0 Å². The summed E-state index contributed by atoms with van der Waals surface area (Å²) in [7, 11) is 0. The summed E-state index contributed by atoms with van der Waals surface area (Å²) in [4.78, 5) is 11.5. The van der Waals surface area contributed by atoms with Gasteiger partial charge in [-0.15, -0.1) is 0 Å². The Kier molecular flexibility index (Phi) is 5.35. The first-order valence-electron chi connectivity index (χ1n) is 9.89. The molecule has 0 aliphatic carbocycles. The van der Waals surface area contributed by atoms with Gasteiger partial charge in [0.15, 0.2) is 0 Å². The smallest absolute Gasteiger partial charge is 0.141 e. The third kappa shape index (κ3) is 4.28. The number of aryl methyl sites for hydroxylation is 2. The molecule has 0 radical (unpaired) electrons. The lowest BCUT2D eigenvalue weighted by molar-refractivity contribution is 0.156. The van der Waals surface area contributed by atoms with E-state index in [1.54, 1.807) is 0 Å². The van der Waals surface area contributed by atoms with Crippen LogP contribution in [-0.4, -0.2) is 32.5 Å². The lowest BCUT2D eigenvalue weighted by Gasteiger charge is -2.33. The van der Waals surface area contributed by atoms with Crippen LogP contribution in [0.15, 0.2) is 55.0 Å². The van der Waals surface area contributed by atoms with Crippen LogP contribution < -0.4 is 0 Å². The van der Waals surface area contributed by atoms with Crippen molar-refractivity contribution in [3.63, 3.8) is 0 Å². The highest BCUT2D eigenvalue weighted by Gasteiger charge is 2.22. The van der Waals surface area contributed by atoms with Crippen LogP contribution in [0.3, 0.4) is 0 Å². The van der Waals surface area contributed by atoms with Crippen LogP contribution in [0.25, 0.3) is 11.4 Å². The van der Waals surface area contributed by atoms with Gasteiger partial charge in [0, 0.05) is 49.5 Å². The molecule has 4 rings (SSSR count). The Balaban J connectivity index is 1.46. The van der Waals surface area contributed by atoms with E-state index in [9.17, 15) is 0 Å². The largest absolute Gasteiger partial charge is 0.328 e. The summed E-state index contributed by atoms with van der Waals surface area (Å²) in [5.74, 6) is 1.70. The number of rotatable bonds is 5. The average molecular weight is 361 g/mol. The topological polar surface area (TPSA) is 34.0 Å². The standard InChI is InChI=1S/C23H28N4/c1-18-6-3-7-20(12-18)15-26-11-5-8-21(16-26)17-27-19(2)13-25-23(27)22-9-4-10-24-14-22/h3-4,6-7,9-10,12-14,21H,5,8,11,15-17H2,1-2H3. The lowest BCUT2D eigenvalue weighted by Crippen LogP contribution is -2.36. The highest BCUT2D eigenvalue weighted by atomic mass is 15.1. The fourth-order valence-corrected chi connectivity index (χ4v) is 4.19. The molecule has 0 saturated carbocycles. The van der Waals surface area contributed by atoms with Crippen molar-refractivity contribution in [1.82, 2.24) is 19.4 Å². The van der Waals surface area contributed by atoms with Gasteiger partial charge < -0.3 is 4.57 Å². The first-order valence-corrected chi connectivity index (χ1v) is 9.89. The molecule has 3 heterocycles. The second-order valence-electron chi connectivity index (χ2n) is 7.81. The van der Waals surface area contributed by atoms with Crippen molar-refractivity contribution in [3.05, 3.63) is 71.8 Å². The number of aromatic nitrogens is 3. The van der Waals surface area contributed by atoms with Crippen LogP contribution in [-0.2, 0) is 13.1 Å². The zero-order chi connectivity index (χ0) is 18.6. The first kappa shape index (κ1) is 17.9. The molecule has 3 aromatic rings. The van der Waals surface area contributed by atoms with E-state index in [1.165, 1.54) is 36.2 Å². The highest BCUT2D eigenvalue weighted by Crippen LogP contribution is 2.25. The number of nitrogens with zero attached hydrogens (tertiary/aromatic N) is 4. The molecule has 0 spiro atoms. The monoisotopic (exact) mass is 360 g/mol. The van der Waals surface area contributed by atoms with Crippen LogP contribution in [0, 0.1) is 19.8 Å². The molecule has 0 bridgehead atoms. The number of piperidine rings is 1. The Bertz CT molecular complexity index is 884. The zero-order valence-corrected chi connectivity index (χ0v) is 16.3. The molecule has 4 heteroatoms. The maximum Gasteiger partial charge on any atom is 0.141 e. The summed E-state index contributed by atoms with van der Waals surface area (Å²) in [6.45, 7) is 8.75. The summed E-state index contributed by atoms with van der Waals surface area (Å²) in [6, 6.07) is 13.0. The second-order valence-corrected chi connectivity index (χ2v) is 7.81. The number of hydrogen-bond donors (Lipinski definition) is 0. The van der Waals surface area contributed by atoms with E-state index in [1.807, 2.05) is 24.7 Å². The van der Waals surface area contributed by atoms with Gasteiger partial charge in [-0.2, -0.15) is 0 Å². The molecule has 0 N–H and O–H groups in total. The van der Waals surface area contributed by atoms with Gasteiger partial charge >= 0.3 is 0 Å². The SMILES string of the molecule is Cc1cccc(CN2CCCC(Cn3c(C)cnc3-c3cccnc3)C2)c1. The van der Waals surface area contributed by atoms with Gasteiger partial charge in [0.25, 0.3) is 0 Å². The molecule has 1 atom stereocenters. The third-order valence-corrected chi connectivity index (χ3v) is 5.51. The van der Waals surface area contributed by atoms with Crippen LogP contribution in [0.2, 0.25) is 0 Å². The average Bonchev–Trinajstić information content (AvgIpc) is 3.03. The van der Waals surface area contributed by atoms with Gasteiger partial charge in [-0.3, -0.25) is 9.88 Å². The molecular weight excluding hydrogens is 332 g/mol. The number of likely N-dealkylation sites (tertiary alicyclic amines) is 1. The maximum absolute atomic E-state index is 4.66. The summed E-state index contributed by atoms with van der Waals surface area (Å²) >= 11 is 0. The van der Waals surface area contributed by atoms with Gasteiger partial charge in [-0.1, -0.05) is 29.8 Å². The third-order valence-electron chi connectivity index (χ3n) is 5.51. The Hall–Kier alpha value is -2.46. The molecule has 4 nitrogen and oxygen atoms in total. The Morgan fingerprint density at radius 3 is 2.85 bits per heavy atom. The van der Waals surface area contributed by atoms with Crippen molar-refractivity contribution in [2.75, 3.05) is 13.1 Å². The molecule has 27 heavy (non-hydrogen) atoms. The van der Waals surface area contributed by atoms with Crippen molar-refractivity contribution in [2.45, 2.75) is 39.8 Å². The summed E-state index contributed by atoms with van der Waals surface area (Å²) < 4.78 is 2.37. The number of pyridine rings is 1. The molecule has 0 amide bonds. The summed E-state index contributed by atoms with van der Waals surface area (Å²) in [6.07, 6.45) is 8.26. The molecule has 1 aliphatic rings. The molecule has 1 aliphatic heterocycles. The van der Waals surface area contributed by atoms with E-state index < -0.39 is 0 Å². The predicted molar refractivity (Wildman–Crippen MR) is 109 cm³/mol. The van der Waals surface area contributed by atoms with Crippen molar-refractivity contribution in [1.29, 1.82) is 0 Å². The van der Waals surface area contributed by atoms with Gasteiger partial charge in [-0.25, -0.2) is 4.98 Å². The molecule has 140 valence electrons. The first-order chi connectivity index (χ1) is 13.2. The Morgan fingerprint density at radius 2 is 2.04 bits per heavy atom. The fraction of sp³-hybridized carbons (Fsp3) is 0.391. The minimum atomic E-state index is 0.659. The van der Waals surface area contributed by atoms with Crippen molar-refractivity contribution >= 4 is 0 Å². The highest BCUT2D eigenvalue weighted by molar-refractivity contribution is 5.54. The van der Waals surface area contributed by atoms with E-state index in [-0.39, 0.29) is 0 Å². The van der Waals surface area contributed by atoms with Crippen molar-refractivity contribution < 1.29 is 0 Å². The van der Waals surface area contributed by atoms with Crippen LogP contribution in [0.1, 0.15) is 29.7 Å². The Labute approximate surface area is 161 Å². The molecule has 2 aromatic heterocycles. The molecule has 1 unspecified atom stereocenters. The lowest BCUT2D eigenvalue weighted by atomic mass is 9.97. The minimum absolute atomic E-state index is 0.659. The number of hydrogen-bond acceptors (Lipinski definition) is 3. The van der Waals surface area contributed by atoms with Gasteiger partial charge in [0.1, 0.15) is 5.82 Å². The van der Waals surface area contributed by atoms with Gasteiger partial charge in [-0.05, 0) is 56.8 Å². The van der Waals surface area contributed by atoms with E-state index >= 15 is 0 Å². The zero-order valence-electron chi connectivity index (χ0n) is 16.3. The molecular formula is C23H28N4. The maximum atomic E-state index is 4.66. The molecule has 1 fully saturated rings. The number of imidazole rings is 1. The van der Waals surface area contributed by atoms with E-state index in [4.69, 9.17) is 0 Å². The van der Waals surface area contributed by atoms with E-state index in [0.717, 1.165) is 31.0 Å². The van der Waals surface area contributed by atoms with E-state index in [0.29, 0.717) is 5.92 Å². The number of benzene rings is 1.